The van der Waals surface area contributed by atoms with Crippen LogP contribution in [0.3, 0.4) is 0 Å². The van der Waals surface area contributed by atoms with Crippen molar-refractivity contribution in [2.75, 3.05) is 36.9 Å². The normalized spacial score (nSPS) is 15.3. The van der Waals surface area contributed by atoms with Crippen molar-refractivity contribution in [1.29, 1.82) is 0 Å². The Morgan fingerprint density at radius 2 is 2.00 bits per heavy atom. The molecule has 1 heterocycles. The van der Waals surface area contributed by atoms with Gasteiger partial charge >= 0.3 is 0 Å². The Labute approximate surface area is 176 Å². The number of rotatable bonds is 10. The van der Waals surface area contributed by atoms with Crippen LogP contribution in [0.4, 0.5) is 11.4 Å². The molecule has 2 amide bonds. The zero-order valence-corrected chi connectivity index (χ0v) is 16.9. The molecule has 0 spiro atoms. The second-order valence-corrected chi connectivity index (χ2v) is 6.95. The van der Waals surface area contributed by atoms with Gasteiger partial charge in [0, 0.05) is 36.2 Å². The summed E-state index contributed by atoms with van der Waals surface area (Å²) >= 11 is 0. The van der Waals surface area contributed by atoms with Crippen LogP contribution >= 0.6 is 0 Å². The highest BCUT2D eigenvalue weighted by molar-refractivity contribution is 5.95. The van der Waals surface area contributed by atoms with Gasteiger partial charge in [-0.3, -0.25) is 9.59 Å². The van der Waals surface area contributed by atoms with Crippen LogP contribution in [0.15, 0.2) is 61.2 Å². The molecular weight excluding hydrogens is 382 g/mol. The van der Waals surface area contributed by atoms with E-state index in [9.17, 15) is 9.59 Å². The number of hydrogen-bond acceptors (Lipinski definition) is 5. The minimum Gasteiger partial charge on any atom is -0.489 e. The van der Waals surface area contributed by atoms with Gasteiger partial charge in [-0.2, -0.15) is 0 Å². The SMILES string of the molecule is C=CCOc1cccc(NC(=O)CNc2ccc(C(=O)NCC3CCCO3)cc2)c1. The fourth-order valence-corrected chi connectivity index (χ4v) is 3.06. The van der Waals surface area contributed by atoms with Gasteiger partial charge in [0.25, 0.3) is 5.91 Å². The third-order valence-electron chi connectivity index (χ3n) is 4.60. The summed E-state index contributed by atoms with van der Waals surface area (Å²) in [6.07, 6.45) is 3.80. The van der Waals surface area contributed by atoms with Crippen molar-refractivity contribution in [3.05, 3.63) is 66.7 Å². The first-order chi connectivity index (χ1) is 14.6. The first kappa shape index (κ1) is 21.4. The standard InChI is InChI=1S/C23H27N3O4/c1-2-12-29-20-6-3-5-19(14-20)26-22(27)16-24-18-10-8-17(9-11-18)23(28)25-15-21-7-4-13-30-21/h2-3,5-6,8-11,14,21,24H,1,4,7,12-13,15-16H2,(H,25,28)(H,26,27). The van der Waals surface area contributed by atoms with Gasteiger partial charge in [-0.25, -0.2) is 0 Å². The smallest absolute Gasteiger partial charge is 0.251 e. The minimum absolute atomic E-state index is 0.0995. The molecule has 7 nitrogen and oxygen atoms in total. The van der Waals surface area contributed by atoms with E-state index in [1.807, 2.05) is 12.1 Å². The molecule has 1 saturated heterocycles. The Morgan fingerprint density at radius 3 is 2.73 bits per heavy atom. The van der Waals surface area contributed by atoms with Gasteiger partial charge in [0.1, 0.15) is 12.4 Å². The summed E-state index contributed by atoms with van der Waals surface area (Å²) in [6.45, 7) is 5.41. The van der Waals surface area contributed by atoms with Crippen molar-refractivity contribution in [3.63, 3.8) is 0 Å². The fourth-order valence-electron chi connectivity index (χ4n) is 3.06. The number of ether oxygens (including phenoxy) is 2. The Kier molecular flexibility index (Phi) is 7.86. The molecule has 2 aromatic rings. The van der Waals surface area contributed by atoms with Crippen molar-refractivity contribution < 1.29 is 19.1 Å². The minimum atomic E-state index is -0.186. The summed E-state index contributed by atoms with van der Waals surface area (Å²) in [5.74, 6) is 0.344. The number of amides is 2. The van der Waals surface area contributed by atoms with Crippen LogP contribution in [0.1, 0.15) is 23.2 Å². The van der Waals surface area contributed by atoms with Gasteiger partial charge in [0.15, 0.2) is 0 Å². The highest BCUT2D eigenvalue weighted by Crippen LogP contribution is 2.17. The van der Waals surface area contributed by atoms with Gasteiger partial charge in [-0.1, -0.05) is 18.7 Å². The lowest BCUT2D eigenvalue weighted by Gasteiger charge is -2.12. The first-order valence-corrected chi connectivity index (χ1v) is 10.0. The Balaban J connectivity index is 1.43. The lowest BCUT2D eigenvalue weighted by atomic mass is 10.2. The van der Waals surface area contributed by atoms with Crippen LogP contribution < -0.4 is 20.7 Å². The second-order valence-electron chi connectivity index (χ2n) is 6.95. The number of hydrogen-bond donors (Lipinski definition) is 3. The summed E-state index contributed by atoms with van der Waals surface area (Å²) in [5, 5.41) is 8.76. The molecule has 0 saturated carbocycles. The lowest BCUT2D eigenvalue weighted by molar-refractivity contribution is -0.114. The van der Waals surface area contributed by atoms with E-state index in [-0.39, 0.29) is 24.5 Å². The first-order valence-electron chi connectivity index (χ1n) is 10.0. The Bertz CT molecular complexity index is 861. The van der Waals surface area contributed by atoms with E-state index in [1.54, 1.807) is 42.5 Å². The van der Waals surface area contributed by atoms with E-state index >= 15 is 0 Å². The van der Waals surface area contributed by atoms with Crippen molar-refractivity contribution in [2.24, 2.45) is 0 Å². The lowest BCUT2D eigenvalue weighted by Crippen LogP contribution is -2.31. The predicted octanol–water partition coefficient (Wildman–Crippen LogP) is 3.21. The average Bonchev–Trinajstić information content (AvgIpc) is 3.29. The van der Waals surface area contributed by atoms with Crippen molar-refractivity contribution in [3.8, 4) is 5.75 Å². The topological polar surface area (TPSA) is 88.7 Å². The van der Waals surface area contributed by atoms with Crippen molar-refractivity contribution in [1.82, 2.24) is 5.32 Å². The number of nitrogens with one attached hydrogen (secondary N) is 3. The molecule has 1 aliphatic rings. The predicted molar refractivity (Wildman–Crippen MR) is 117 cm³/mol. The maximum atomic E-state index is 12.2. The molecule has 0 aliphatic carbocycles. The number of anilines is 2. The van der Waals surface area contributed by atoms with Crippen LogP contribution in [0.25, 0.3) is 0 Å². The fraction of sp³-hybridized carbons (Fsp3) is 0.304. The molecule has 1 aliphatic heterocycles. The van der Waals surface area contributed by atoms with Crippen LogP contribution in [0, 0.1) is 0 Å². The molecule has 1 fully saturated rings. The molecule has 2 aromatic carbocycles. The van der Waals surface area contributed by atoms with E-state index in [0.717, 1.165) is 25.1 Å². The summed E-state index contributed by atoms with van der Waals surface area (Å²) in [5.41, 5.74) is 1.98. The van der Waals surface area contributed by atoms with Crippen LogP contribution in [0.5, 0.6) is 5.75 Å². The molecule has 3 rings (SSSR count). The molecular formula is C23H27N3O4. The Hall–Kier alpha value is -3.32. The zero-order chi connectivity index (χ0) is 21.2. The van der Waals surface area contributed by atoms with Crippen molar-refractivity contribution >= 4 is 23.2 Å². The summed E-state index contributed by atoms with van der Waals surface area (Å²) < 4.78 is 11.0. The number of carbonyl (C=O) groups is 2. The van der Waals surface area contributed by atoms with Gasteiger partial charge in [0.05, 0.1) is 12.6 Å². The molecule has 158 valence electrons. The third kappa shape index (κ3) is 6.63. The highest BCUT2D eigenvalue weighted by Gasteiger charge is 2.16. The summed E-state index contributed by atoms with van der Waals surface area (Å²) in [7, 11) is 0. The monoisotopic (exact) mass is 409 g/mol. The van der Waals surface area contributed by atoms with E-state index in [4.69, 9.17) is 9.47 Å². The molecule has 0 radical (unpaired) electrons. The molecule has 0 aromatic heterocycles. The molecule has 3 N–H and O–H groups in total. The average molecular weight is 409 g/mol. The second kappa shape index (κ2) is 11.0. The highest BCUT2D eigenvalue weighted by atomic mass is 16.5. The Morgan fingerprint density at radius 1 is 1.17 bits per heavy atom. The summed E-state index contributed by atoms with van der Waals surface area (Å²) in [4.78, 5) is 24.4. The number of benzene rings is 2. The molecule has 30 heavy (non-hydrogen) atoms. The van der Waals surface area contributed by atoms with Gasteiger partial charge < -0.3 is 25.4 Å². The van der Waals surface area contributed by atoms with Gasteiger partial charge in [-0.05, 0) is 49.2 Å². The van der Waals surface area contributed by atoms with Gasteiger partial charge in [0.2, 0.25) is 5.91 Å². The molecule has 7 heteroatoms. The maximum absolute atomic E-state index is 12.2. The molecule has 1 atom stereocenters. The molecule has 0 bridgehead atoms. The van der Waals surface area contributed by atoms with E-state index < -0.39 is 0 Å². The quantitative estimate of drug-likeness (QED) is 0.525. The largest absolute Gasteiger partial charge is 0.489 e. The number of carbonyl (C=O) groups excluding carboxylic acids is 2. The maximum Gasteiger partial charge on any atom is 0.251 e. The third-order valence-corrected chi connectivity index (χ3v) is 4.60. The molecule has 1 unspecified atom stereocenters. The van der Waals surface area contributed by atoms with E-state index in [0.29, 0.717) is 30.2 Å². The van der Waals surface area contributed by atoms with Crippen LogP contribution in [0.2, 0.25) is 0 Å². The van der Waals surface area contributed by atoms with Crippen LogP contribution in [-0.4, -0.2) is 44.2 Å². The van der Waals surface area contributed by atoms with Crippen molar-refractivity contribution in [2.45, 2.75) is 18.9 Å². The van der Waals surface area contributed by atoms with E-state index in [2.05, 4.69) is 22.5 Å². The van der Waals surface area contributed by atoms with Gasteiger partial charge in [-0.15, -0.1) is 0 Å². The summed E-state index contributed by atoms with van der Waals surface area (Å²) in [6, 6.07) is 14.2. The zero-order valence-electron chi connectivity index (χ0n) is 16.9. The van der Waals surface area contributed by atoms with Crippen LogP contribution in [-0.2, 0) is 9.53 Å². The van der Waals surface area contributed by atoms with E-state index in [1.165, 1.54) is 0 Å².